The van der Waals surface area contributed by atoms with Gasteiger partial charge in [-0.05, 0) is 24.5 Å². The third-order valence-electron chi connectivity index (χ3n) is 4.05. The molecule has 0 saturated carbocycles. The van der Waals surface area contributed by atoms with Gasteiger partial charge in [0.15, 0.2) is 0 Å². The van der Waals surface area contributed by atoms with Gasteiger partial charge in [0.2, 0.25) is 5.91 Å². The molecule has 1 aromatic carbocycles. The number of hydrogen-bond donors (Lipinski definition) is 2. The van der Waals surface area contributed by atoms with Gasteiger partial charge < -0.3 is 10.6 Å². The van der Waals surface area contributed by atoms with E-state index in [9.17, 15) is 14.0 Å². The number of benzene rings is 1. The topological polar surface area (TPSA) is 71.1 Å². The number of unbranched alkanes of at least 4 members (excludes halogenated alkanes) is 2. The molecule has 0 aliphatic heterocycles. The molecule has 28 heavy (non-hydrogen) atoms. The lowest BCUT2D eigenvalue weighted by Crippen LogP contribution is -2.26. The summed E-state index contributed by atoms with van der Waals surface area (Å²) < 4.78 is 13.6. The lowest BCUT2D eigenvalue weighted by Gasteiger charge is -2.04. The molecule has 2 amide bonds. The second kappa shape index (κ2) is 12.0. The summed E-state index contributed by atoms with van der Waals surface area (Å²) in [5.74, 6) is -0.647. The summed E-state index contributed by atoms with van der Waals surface area (Å²) in [7, 11) is 0. The normalized spacial score (nSPS) is 10.9. The number of nitrogens with one attached hydrogen (secondary N) is 2. The number of aromatic nitrogens is 1. The van der Waals surface area contributed by atoms with E-state index in [0.717, 1.165) is 19.3 Å². The largest absolute Gasteiger partial charge is 0.350 e. The monoisotopic (exact) mass is 403 g/mol. The van der Waals surface area contributed by atoms with Crippen LogP contribution in [0, 0.1) is 5.82 Å². The minimum Gasteiger partial charge on any atom is -0.350 e. The maximum atomic E-state index is 13.6. The third-order valence-corrected chi connectivity index (χ3v) is 4.90. The molecule has 0 radical (unpaired) electrons. The molecule has 5 nitrogen and oxygen atoms in total. The van der Waals surface area contributed by atoms with Gasteiger partial charge >= 0.3 is 0 Å². The van der Waals surface area contributed by atoms with Crippen molar-refractivity contribution in [2.75, 3.05) is 6.54 Å². The zero-order valence-electron chi connectivity index (χ0n) is 16.0. The molecular formula is C21H26FN3O2S. The van der Waals surface area contributed by atoms with Crippen LogP contribution in [0.3, 0.4) is 0 Å². The average molecular weight is 404 g/mol. The number of allylic oxidation sites excluding steroid dienone is 1. The number of rotatable bonds is 11. The predicted molar refractivity (Wildman–Crippen MR) is 110 cm³/mol. The highest BCUT2D eigenvalue weighted by Crippen LogP contribution is 2.10. The van der Waals surface area contributed by atoms with Crippen molar-refractivity contribution >= 4 is 23.2 Å². The summed E-state index contributed by atoms with van der Waals surface area (Å²) in [6.45, 7) is 2.76. The molecule has 0 unspecified atom stereocenters. The summed E-state index contributed by atoms with van der Waals surface area (Å²) in [5.41, 5.74) is 0.871. The van der Waals surface area contributed by atoms with E-state index in [4.69, 9.17) is 0 Å². The van der Waals surface area contributed by atoms with Crippen LogP contribution in [0.1, 0.15) is 53.7 Å². The maximum absolute atomic E-state index is 13.6. The summed E-state index contributed by atoms with van der Waals surface area (Å²) in [6, 6.07) is 6.50. The Bertz CT molecular complexity index is 804. The van der Waals surface area contributed by atoms with Crippen LogP contribution in [0.15, 0.2) is 41.8 Å². The van der Waals surface area contributed by atoms with E-state index in [1.165, 1.54) is 17.4 Å². The highest BCUT2D eigenvalue weighted by atomic mass is 32.1. The summed E-state index contributed by atoms with van der Waals surface area (Å²) >= 11 is 1.32. The van der Waals surface area contributed by atoms with E-state index in [1.807, 2.05) is 12.2 Å². The van der Waals surface area contributed by atoms with Crippen molar-refractivity contribution in [2.45, 2.75) is 45.6 Å². The SMILES string of the molecule is CCCC/C=C/CC(=O)NCc1nc(C(=O)NCCc2ccccc2F)cs1. The summed E-state index contributed by atoms with van der Waals surface area (Å²) in [5, 5.41) is 7.86. The van der Waals surface area contributed by atoms with Gasteiger partial charge in [-0.3, -0.25) is 9.59 Å². The zero-order chi connectivity index (χ0) is 20.2. The Morgan fingerprint density at radius 2 is 2.04 bits per heavy atom. The van der Waals surface area contributed by atoms with E-state index < -0.39 is 0 Å². The molecule has 1 aromatic heterocycles. The summed E-state index contributed by atoms with van der Waals surface area (Å²) in [6.07, 6.45) is 7.92. The Labute approximate surface area is 169 Å². The van der Waals surface area contributed by atoms with E-state index in [1.54, 1.807) is 23.6 Å². The van der Waals surface area contributed by atoms with Crippen molar-refractivity contribution in [1.82, 2.24) is 15.6 Å². The van der Waals surface area contributed by atoms with Crippen molar-refractivity contribution in [3.05, 3.63) is 63.9 Å². The van der Waals surface area contributed by atoms with E-state index in [2.05, 4.69) is 22.5 Å². The molecule has 2 aromatic rings. The Morgan fingerprint density at radius 1 is 1.21 bits per heavy atom. The van der Waals surface area contributed by atoms with Crippen LogP contribution in [0.5, 0.6) is 0 Å². The predicted octanol–water partition coefficient (Wildman–Crippen LogP) is 4.01. The van der Waals surface area contributed by atoms with Gasteiger partial charge in [0.05, 0.1) is 6.54 Å². The minimum atomic E-state index is -0.302. The second-order valence-corrected chi connectivity index (χ2v) is 7.26. The molecule has 0 fully saturated rings. The first-order chi connectivity index (χ1) is 13.6. The van der Waals surface area contributed by atoms with Crippen molar-refractivity contribution < 1.29 is 14.0 Å². The number of carbonyl (C=O) groups is 2. The Morgan fingerprint density at radius 3 is 2.82 bits per heavy atom. The van der Waals surface area contributed by atoms with Gasteiger partial charge in [0, 0.05) is 18.3 Å². The molecule has 1 heterocycles. The molecule has 0 aliphatic rings. The smallest absolute Gasteiger partial charge is 0.270 e. The molecule has 0 aliphatic carbocycles. The fourth-order valence-electron chi connectivity index (χ4n) is 2.48. The standard InChI is InChI=1S/C21H26FN3O2S/c1-2-3-4-5-6-11-19(26)24-14-20-25-18(15-28-20)21(27)23-13-12-16-9-7-8-10-17(16)22/h5-10,15H,2-4,11-14H2,1H3,(H,23,27)(H,24,26)/b6-5+. The number of amides is 2. The number of halogens is 1. The average Bonchev–Trinajstić information content (AvgIpc) is 3.17. The number of nitrogens with zero attached hydrogens (tertiary/aromatic N) is 1. The van der Waals surface area contributed by atoms with Crippen LogP contribution in [-0.2, 0) is 17.8 Å². The quantitative estimate of drug-likeness (QED) is 0.440. The Kier molecular flexibility index (Phi) is 9.34. The molecule has 0 bridgehead atoms. The van der Waals surface area contributed by atoms with Crippen LogP contribution in [0.2, 0.25) is 0 Å². The Hall–Kier alpha value is -2.54. The molecule has 150 valence electrons. The van der Waals surface area contributed by atoms with Gasteiger partial charge in [-0.2, -0.15) is 0 Å². The summed E-state index contributed by atoms with van der Waals surface area (Å²) in [4.78, 5) is 28.2. The van der Waals surface area contributed by atoms with E-state index in [0.29, 0.717) is 42.2 Å². The number of hydrogen-bond acceptors (Lipinski definition) is 4. The fraction of sp³-hybridized carbons (Fsp3) is 0.381. The van der Waals surface area contributed by atoms with Gasteiger partial charge in [0.1, 0.15) is 16.5 Å². The van der Waals surface area contributed by atoms with Crippen molar-refractivity contribution in [3.63, 3.8) is 0 Å². The first-order valence-electron chi connectivity index (χ1n) is 9.47. The first kappa shape index (κ1) is 21.8. The van der Waals surface area contributed by atoms with Crippen molar-refractivity contribution in [2.24, 2.45) is 0 Å². The fourth-order valence-corrected chi connectivity index (χ4v) is 3.19. The van der Waals surface area contributed by atoms with Crippen LogP contribution in [0.4, 0.5) is 4.39 Å². The molecule has 2 N–H and O–H groups in total. The molecule has 2 rings (SSSR count). The van der Waals surface area contributed by atoms with Crippen molar-refractivity contribution in [1.29, 1.82) is 0 Å². The third kappa shape index (κ3) is 7.60. The van der Waals surface area contributed by atoms with Gasteiger partial charge in [0.25, 0.3) is 5.91 Å². The number of thiazole rings is 1. The molecule has 0 atom stereocenters. The van der Waals surface area contributed by atoms with Gasteiger partial charge in [-0.15, -0.1) is 11.3 Å². The first-order valence-corrected chi connectivity index (χ1v) is 10.4. The molecular weight excluding hydrogens is 377 g/mol. The highest BCUT2D eigenvalue weighted by Gasteiger charge is 2.11. The lowest BCUT2D eigenvalue weighted by molar-refractivity contribution is -0.120. The highest BCUT2D eigenvalue weighted by molar-refractivity contribution is 7.09. The van der Waals surface area contributed by atoms with E-state index >= 15 is 0 Å². The van der Waals surface area contributed by atoms with Gasteiger partial charge in [-0.1, -0.05) is 50.1 Å². The molecule has 7 heteroatoms. The van der Waals surface area contributed by atoms with Crippen LogP contribution < -0.4 is 10.6 Å². The number of carbonyl (C=O) groups excluding carboxylic acids is 2. The lowest BCUT2D eigenvalue weighted by atomic mass is 10.1. The molecule has 0 saturated heterocycles. The Balaban J connectivity index is 1.70. The van der Waals surface area contributed by atoms with Crippen LogP contribution in [0.25, 0.3) is 0 Å². The maximum Gasteiger partial charge on any atom is 0.270 e. The van der Waals surface area contributed by atoms with Crippen LogP contribution >= 0.6 is 11.3 Å². The molecule has 0 spiro atoms. The van der Waals surface area contributed by atoms with Crippen molar-refractivity contribution in [3.8, 4) is 0 Å². The van der Waals surface area contributed by atoms with Crippen LogP contribution in [-0.4, -0.2) is 23.3 Å². The second-order valence-electron chi connectivity index (χ2n) is 6.32. The zero-order valence-corrected chi connectivity index (χ0v) is 16.9. The van der Waals surface area contributed by atoms with Gasteiger partial charge in [-0.25, -0.2) is 9.37 Å². The van der Waals surface area contributed by atoms with E-state index in [-0.39, 0.29) is 17.6 Å². The minimum absolute atomic E-state index is 0.0705.